The molecule has 0 aliphatic heterocycles. The Labute approximate surface area is 329 Å². The number of fused-ring (bicyclic) bond motifs is 1. The molecule has 0 aromatic heterocycles. The van der Waals surface area contributed by atoms with Crippen molar-refractivity contribution >= 4 is 46.4 Å². The van der Waals surface area contributed by atoms with Crippen LogP contribution in [0.1, 0.15) is 112 Å². The fourth-order valence-corrected chi connectivity index (χ4v) is 14.1. The zero-order valence-corrected chi connectivity index (χ0v) is 34.0. The van der Waals surface area contributed by atoms with Crippen molar-refractivity contribution in [2.75, 3.05) is 13.2 Å². The second kappa shape index (κ2) is 20.1. The Bertz CT molecular complexity index is 1720. The Hall–Kier alpha value is -2.97. The van der Waals surface area contributed by atoms with E-state index in [2.05, 4.69) is 133 Å². The van der Waals surface area contributed by atoms with Crippen LogP contribution in [-0.2, 0) is 0 Å². The van der Waals surface area contributed by atoms with E-state index in [1.165, 1.54) is 96.6 Å². The summed E-state index contributed by atoms with van der Waals surface area (Å²) < 4.78 is 0. The van der Waals surface area contributed by atoms with Crippen molar-refractivity contribution in [1.82, 2.24) is 4.90 Å². The van der Waals surface area contributed by atoms with Crippen LogP contribution in [0.3, 0.4) is 0 Å². The fourth-order valence-electron chi connectivity index (χ4n) is 8.91. The molecule has 0 bridgehead atoms. The van der Waals surface area contributed by atoms with Gasteiger partial charge in [0, 0.05) is 12.0 Å². The Morgan fingerprint density at radius 1 is 0.566 bits per heavy atom. The van der Waals surface area contributed by atoms with Gasteiger partial charge in [-0.25, -0.2) is 0 Å². The summed E-state index contributed by atoms with van der Waals surface area (Å²) in [6, 6.07) is 49.0. The molecule has 5 heteroatoms. The minimum absolute atomic E-state index is 0.217. The van der Waals surface area contributed by atoms with Gasteiger partial charge in [-0.1, -0.05) is 53.5 Å². The third kappa shape index (κ3) is 10.0. The first-order valence-electron chi connectivity index (χ1n) is 20.1. The second-order valence-corrected chi connectivity index (χ2v) is 20.0. The number of aliphatic hydroxyl groups is 1. The summed E-state index contributed by atoms with van der Waals surface area (Å²) in [5, 5.41) is 17.0. The van der Waals surface area contributed by atoms with E-state index in [9.17, 15) is 5.11 Å². The van der Waals surface area contributed by atoms with Crippen LogP contribution >= 0.6 is 30.5 Å². The van der Waals surface area contributed by atoms with E-state index < -0.39 is 13.5 Å². The van der Waals surface area contributed by atoms with Crippen LogP contribution in [0.2, 0.25) is 10.0 Å². The number of aliphatic hydroxyl groups excluding tert-OH is 1. The minimum Gasteiger partial charge on any atom is -0.0827 e. The molecule has 0 saturated heterocycles. The van der Waals surface area contributed by atoms with Crippen molar-refractivity contribution in [1.29, 1.82) is 0 Å². The number of halogens is 2. The summed E-state index contributed by atoms with van der Waals surface area (Å²) in [6.07, 6.45) is 16.3. The van der Waals surface area contributed by atoms with Crippen LogP contribution in [0.4, 0.5) is 0 Å². The first-order chi connectivity index (χ1) is 26.0. The monoisotopic (exact) mass is 765 g/mol. The molecule has 1 aliphatic carbocycles. The van der Waals surface area contributed by atoms with E-state index in [1.54, 1.807) is 0 Å². The fraction of sp³-hybridized carbons (Fsp3) is 0.375. The molecule has 0 fully saturated rings. The van der Waals surface area contributed by atoms with Crippen LogP contribution in [0, 0.1) is 0 Å². The maximum absolute atomic E-state index is 11.2. The number of hydrogen-bond donors (Lipinski definition) is 1. The summed E-state index contributed by atoms with van der Waals surface area (Å²) in [7, 11) is -0.0107. The largest absolute Gasteiger partial charge is 0.0827 e. The van der Waals surface area contributed by atoms with Crippen molar-refractivity contribution in [3.8, 4) is 0 Å². The van der Waals surface area contributed by atoms with Crippen LogP contribution < -0.4 is 15.9 Å². The molecule has 280 valence electrons. The van der Waals surface area contributed by atoms with Crippen molar-refractivity contribution in [2.24, 2.45) is 0 Å². The molecule has 0 spiro atoms. The van der Waals surface area contributed by atoms with Crippen molar-refractivity contribution in [3.63, 3.8) is 0 Å². The maximum Gasteiger partial charge on any atom is 0.0595 e. The molecule has 0 heterocycles. The molecule has 53 heavy (non-hydrogen) atoms. The smallest absolute Gasteiger partial charge is 0.0595 e. The average molecular weight is 767 g/mol. The quantitative estimate of drug-likeness (QED) is 0.0514. The predicted octanol–water partition coefficient (Wildman–Crippen LogP) is 12.2. The van der Waals surface area contributed by atoms with Gasteiger partial charge in [-0.05, 0) is 48.7 Å². The molecule has 6 rings (SSSR count). The van der Waals surface area contributed by atoms with E-state index in [-0.39, 0.29) is 6.04 Å². The van der Waals surface area contributed by atoms with E-state index in [1.807, 2.05) is 12.1 Å². The normalized spacial score (nSPS) is 16.7. The maximum atomic E-state index is 11.2. The van der Waals surface area contributed by atoms with Gasteiger partial charge < -0.3 is 5.11 Å². The predicted molar refractivity (Wildman–Crippen MR) is 233 cm³/mol. The Morgan fingerprint density at radius 2 is 1.04 bits per heavy atom. The first kappa shape index (κ1) is 39.7. The third-order valence-electron chi connectivity index (χ3n) is 11.8. The molecule has 1 aliphatic rings. The zero-order valence-electron chi connectivity index (χ0n) is 31.5. The van der Waals surface area contributed by atoms with Crippen molar-refractivity contribution in [3.05, 3.63) is 160 Å². The molecule has 5 aromatic rings. The van der Waals surface area contributed by atoms with Gasteiger partial charge in [0.05, 0.1) is 10.0 Å². The molecule has 0 saturated carbocycles. The SMILES string of the molecule is CN(C(O)CCCCCCCCCCCC[PH](c1ccccc1)(c1ccccc1)c1ccccc1)[C@H]1CC[C@@H](c2ccc(Cl)c(Cl)c2)c2ccccc21. The molecule has 1 unspecified atom stereocenters. The molecule has 5 aromatic carbocycles. The molecule has 2 nitrogen and oxygen atoms in total. The topological polar surface area (TPSA) is 23.5 Å². The van der Waals surface area contributed by atoms with Crippen LogP contribution in [0.5, 0.6) is 0 Å². The van der Waals surface area contributed by atoms with Crippen LogP contribution in [-0.4, -0.2) is 29.4 Å². The third-order valence-corrected chi connectivity index (χ3v) is 17.6. The summed E-state index contributed by atoms with van der Waals surface area (Å²) in [5.74, 6) is 0.294. The van der Waals surface area contributed by atoms with Crippen LogP contribution in [0.15, 0.2) is 133 Å². The summed E-state index contributed by atoms with van der Waals surface area (Å²) in [4.78, 5) is 2.20. The van der Waals surface area contributed by atoms with E-state index in [0.29, 0.717) is 16.0 Å². The summed E-state index contributed by atoms with van der Waals surface area (Å²) >= 11 is 12.6. The number of hydrogen-bond acceptors (Lipinski definition) is 2. The molecule has 1 N–H and O–H groups in total. The standard InChI is InChI=1S/C48H58Cl2NOP/c1-51(47-35-33-42(43-29-20-21-30-44(43)47)38-32-34-45(49)46(50)37-38)48(52)31-19-8-6-4-2-3-5-7-9-22-36-53(39-23-13-10-14-24-39,40-25-15-11-16-26-40)41-27-17-12-18-28-41/h10-18,20-21,23-30,32,34,37,42,47-48,52-53H,2-9,19,22,31,33,35-36H2,1H3/t42-,47-,48?/m0/s1. The molecular weight excluding hydrogens is 708 g/mol. The Kier molecular flexibility index (Phi) is 15.1. The van der Waals surface area contributed by atoms with E-state index >= 15 is 0 Å². The summed E-state index contributed by atoms with van der Waals surface area (Å²) in [6.45, 7) is 0. The van der Waals surface area contributed by atoms with Gasteiger partial charge in [0.25, 0.3) is 0 Å². The van der Waals surface area contributed by atoms with Gasteiger partial charge in [-0.2, -0.15) is 0 Å². The van der Waals surface area contributed by atoms with Gasteiger partial charge in [0.1, 0.15) is 6.23 Å². The van der Waals surface area contributed by atoms with Gasteiger partial charge in [-0.3, -0.25) is 4.90 Å². The van der Waals surface area contributed by atoms with Gasteiger partial charge in [0.2, 0.25) is 0 Å². The number of benzene rings is 5. The molecule has 3 atom stereocenters. The van der Waals surface area contributed by atoms with E-state index in [4.69, 9.17) is 23.2 Å². The number of unbranched alkanes of at least 4 members (excludes halogenated alkanes) is 9. The average Bonchev–Trinajstić information content (AvgIpc) is 3.21. The minimum atomic E-state index is -2.11. The first-order valence-corrected chi connectivity index (χ1v) is 23.1. The van der Waals surface area contributed by atoms with Crippen molar-refractivity contribution < 1.29 is 5.11 Å². The Morgan fingerprint density at radius 3 is 1.57 bits per heavy atom. The van der Waals surface area contributed by atoms with Crippen molar-refractivity contribution in [2.45, 2.75) is 102 Å². The molecule has 0 amide bonds. The van der Waals surface area contributed by atoms with E-state index in [0.717, 1.165) is 25.7 Å². The Balaban J connectivity index is 0.895. The van der Waals surface area contributed by atoms with Gasteiger partial charge >= 0.3 is 191 Å². The summed E-state index contributed by atoms with van der Waals surface area (Å²) in [5.41, 5.74) is 3.87. The number of nitrogens with zero attached hydrogens (tertiary/aromatic N) is 1. The van der Waals surface area contributed by atoms with Crippen LogP contribution in [0.25, 0.3) is 0 Å². The second-order valence-electron chi connectivity index (χ2n) is 15.2. The van der Waals surface area contributed by atoms with Gasteiger partial charge in [0.15, 0.2) is 0 Å². The zero-order chi connectivity index (χ0) is 36.9. The molecular formula is C48H58Cl2NOP. The van der Waals surface area contributed by atoms with Gasteiger partial charge in [-0.15, -0.1) is 0 Å². The molecule has 0 radical (unpaired) electrons. The number of rotatable bonds is 19.